The maximum atomic E-state index is 12.1. The SMILES string of the molecule is C=CC(C)(CNC1CC1)Cc1ccc(OC(F)(F)F)cc1. The quantitative estimate of drug-likeness (QED) is 0.766. The molecule has 0 heterocycles. The average molecular weight is 299 g/mol. The van der Waals surface area contributed by atoms with Crippen LogP contribution in [0, 0.1) is 5.41 Å². The zero-order valence-electron chi connectivity index (χ0n) is 12.0. The fraction of sp³-hybridized carbons (Fsp3) is 0.500. The van der Waals surface area contributed by atoms with Gasteiger partial charge in [0.1, 0.15) is 5.75 Å². The summed E-state index contributed by atoms with van der Waals surface area (Å²) in [6.45, 7) is 6.79. The topological polar surface area (TPSA) is 21.3 Å². The number of nitrogens with one attached hydrogen (secondary N) is 1. The molecule has 0 spiro atoms. The van der Waals surface area contributed by atoms with Crippen molar-refractivity contribution < 1.29 is 17.9 Å². The van der Waals surface area contributed by atoms with Crippen LogP contribution in [-0.2, 0) is 6.42 Å². The Kier molecular flexibility index (Phi) is 4.61. The van der Waals surface area contributed by atoms with E-state index in [1.807, 2.05) is 6.08 Å². The number of ether oxygens (including phenoxy) is 1. The van der Waals surface area contributed by atoms with Gasteiger partial charge >= 0.3 is 6.36 Å². The van der Waals surface area contributed by atoms with E-state index in [0.29, 0.717) is 6.04 Å². The Hall–Kier alpha value is -1.49. The van der Waals surface area contributed by atoms with Crippen molar-refractivity contribution in [3.05, 3.63) is 42.5 Å². The number of alkyl halides is 3. The third kappa shape index (κ3) is 5.42. The first-order chi connectivity index (χ1) is 9.80. The van der Waals surface area contributed by atoms with Crippen molar-refractivity contribution in [2.75, 3.05) is 6.54 Å². The average Bonchev–Trinajstić information content (AvgIpc) is 3.21. The van der Waals surface area contributed by atoms with Crippen molar-refractivity contribution in [1.29, 1.82) is 0 Å². The highest BCUT2D eigenvalue weighted by atomic mass is 19.4. The van der Waals surface area contributed by atoms with Crippen LogP contribution in [0.2, 0.25) is 0 Å². The molecule has 0 radical (unpaired) electrons. The van der Waals surface area contributed by atoms with Gasteiger partial charge in [-0.2, -0.15) is 0 Å². The third-order valence-electron chi connectivity index (χ3n) is 3.63. The summed E-state index contributed by atoms with van der Waals surface area (Å²) in [6.07, 6.45) is 0.420. The molecule has 1 atom stereocenters. The summed E-state index contributed by atoms with van der Waals surface area (Å²) in [5, 5.41) is 3.47. The highest BCUT2D eigenvalue weighted by molar-refractivity contribution is 5.28. The molecule has 1 aromatic carbocycles. The molecule has 2 rings (SSSR count). The molecule has 1 N–H and O–H groups in total. The molecule has 1 aromatic rings. The van der Waals surface area contributed by atoms with Crippen LogP contribution in [0.4, 0.5) is 13.2 Å². The lowest BCUT2D eigenvalue weighted by atomic mass is 9.83. The predicted octanol–water partition coefficient (Wildman–Crippen LogP) is 4.07. The standard InChI is InChI=1S/C16H20F3NO/c1-3-15(2,11-20-13-6-7-13)10-12-4-8-14(9-5-12)21-16(17,18)19/h3-5,8-9,13,20H,1,6-7,10-11H2,2H3. The van der Waals surface area contributed by atoms with E-state index in [0.717, 1.165) is 18.5 Å². The smallest absolute Gasteiger partial charge is 0.406 e. The minimum absolute atomic E-state index is 0.116. The maximum Gasteiger partial charge on any atom is 0.573 e. The number of halogens is 3. The molecule has 0 aromatic heterocycles. The highest BCUT2D eigenvalue weighted by Gasteiger charge is 2.31. The van der Waals surface area contributed by atoms with Gasteiger partial charge in [0.2, 0.25) is 0 Å². The van der Waals surface area contributed by atoms with Crippen LogP contribution in [0.5, 0.6) is 5.75 Å². The lowest BCUT2D eigenvalue weighted by Crippen LogP contribution is -2.33. The van der Waals surface area contributed by atoms with Crippen LogP contribution in [0.3, 0.4) is 0 Å². The Morgan fingerprint density at radius 2 is 1.90 bits per heavy atom. The molecule has 1 saturated carbocycles. The normalized spacial score (nSPS) is 18.1. The van der Waals surface area contributed by atoms with E-state index in [1.54, 1.807) is 12.1 Å². The van der Waals surface area contributed by atoms with Gasteiger partial charge in [0.05, 0.1) is 0 Å². The zero-order valence-corrected chi connectivity index (χ0v) is 12.0. The molecule has 0 saturated heterocycles. The van der Waals surface area contributed by atoms with E-state index < -0.39 is 6.36 Å². The van der Waals surface area contributed by atoms with E-state index in [-0.39, 0.29) is 11.2 Å². The molecule has 1 unspecified atom stereocenters. The van der Waals surface area contributed by atoms with E-state index >= 15 is 0 Å². The fourth-order valence-electron chi connectivity index (χ4n) is 2.15. The minimum atomic E-state index is -4.65. The summed E-state index contributed by atoms with van der Waals surface area (Å²) in [7, 11) is 0. The molecule has 21 heavy (non-hydrogen) atoms. The van der Waals surface area contributed by atoms with Gasteiger partial charge in [0.25, 0.3) is 0 Å². The van der Waals surface area contributed by atoms with E-state index in [9.17, 15) is 13.2 Å². The van der Waals surface area contributed by atoms with Crippen molar-refractivity contribution in [1.82, 2.24) is 5.32 Å². The Morgan fingerprint density at radius 3 is 2.38 bits per heavy atom. The van der Waals surface area contributed by atoms with Gasteiger partial charge in [0.15, 0.2) is 0 Å². The van der Waals surface area contributed by atoms with Crippen LogP contribution < -0.4 is 10.1 Å². The first-order valence-electron chi connectivity index (χ1n) is 7.01. The molecule has 116 valence electrons. The van der Waals surface area contributed by atoms with E-state index in [1.165, 1.54) is 25.0 Å². The molecule has 1 aliphatic rings. The summed E-state index contributed by atoms with van der Waals surface area (Å²) in [5.74, 6) is -0.192. The summed E-state index contributed by atoms with van der Waals surface area (Å²) in [4.78, 5) is 0. The van der Waals surface area contributed by atoms with Crippen molar-refractivity contribution in [2.45, 2.75) is 38.6 Å². The highest BCUT2D eigenvalue weighted by Crippen LogP contribution is 2.28. The molecule has 5 heteroatoms. The zero-order chi connectivity index (χ0) is 15.5. The van der Waals surface area contributed by atoms with Gasteiger partial charge in [-0.25, -0.2) is 0 Å². The van der Waals surface area contributed by atoms with Crippen molar-refractivity contribution in [3.8, 4) is 5.75 Å². The number of hydrogen-bond acceptors (Lipinski definition) is 2. The Labute approximate surface area is 123 Å². The minimum Gasteiger partial charge on any atom is -0.406 e. The Bertz CT molecular complexity index is 479. The Morgan fingerprint density at radius 1 is 1.29 bits per heavy atom. The van der Waals surface area contributed by atoms with Crippen molar-refractivity contribution in [3.63, 3.8) is 0 Å². The van der Waals surface area contributed by atoms with E-state index in [4.69, 9.17) is 0 Å². The molecule has 1 aliphatic carbocycles. The van der Waals surface area contributed by atoms with E-state index in [2.05, 4.69) is 23.6 Å². The molecule has 1 fully saturated rings. The first-order valence-corrected chi connectivity index (χ1v) is 7.01. The molecular formula is C16H20F3NO. The number of rotatable bonds is 7. The monoisotopic (exact) mass is 299 g/mol. The third-order valence-corrected chi connectivity index (χ3v) is 3.63. The van der Waals surface area contributed by atoms with Gasteiger partial charge in [-0.15, -0.1) is 19.8 Å². The summed E-state index contributed by atoms with van der Waals surface area (Å²) in [5.41, 5.74) is 0.846. The van der Waals surface area contributed by atoms with Gasteiger partial charge < -0.3 is 10.1 Å². The largest absolute Gasteiger partial charge is 0.573 e. The summed E-state index contributed by atoms with van der Waals surface area (Å²) < 4.78 is 40.2. The second kappa shape index (κ2) is 6.10. The molecular weight excluding hydrogens is 279 g/mol. The fourth-order valence-corrected chi connectivity index (χ4v) is 2.15. The van der Waals surface area contributed by atoms with Gasteiger partial charge in [0, 0.05) is 18.0 Å². The predicted molar refractivity (Wildman–Crippen MR) is 76.2 cm³/mol. The van der Waals surface area contributed by atoms with Crippen LogP contribution in [0.15, 0.2) is 36.9 Å². The van der Waals surface area contributed by atoms with Crippen molar-refractivity contribution in [2.24, 2.45) is 5.41 Å². The lowest BCUT2D eigenvalue weighted by molar-refractivity contribution is -0.274. The van der Waals surface area contributed by atoms with Gasteiger partial charge in [-0.3, -0.25) is 0 Å². The van der Waals surface area contributed by atoms with Crippen LogP contribution in [0.25, 0.3) is 0 Å². The number of benzene rings is 1. The van der Waals surface area contributed by atoms with Crippen LogP contribution in [-0.4, -0.2) is 18.9 Å². The summed E-state index contributed by atoms with van der Waals surface area (Å²) in [6, 6.07) is 6.65. The van der Waals surface area contributed by atoms with Crippen LogP contribution in [0.1, 0.15) is 25.3 Å². The van der Waals surface area contributed by atoms with Crippen LogP contribution >= 0.6 is 0 Å². The second-order valence-corrected chi connectivity index (χ2v) is 5.88. The second-order valence-electron chi connectivity index (χ2n) is 5.88. The van der Waals surface area contributed by atoms with Gasteiger partial charge in [-0.1, -0.05) is 25.1 Å². The molecule has 0 aliphatic heterocycles. The van der Waals surface area contributed by atoms with Crippen molar-refractivity contribution >= 4 is 0 Å². The Balaban J connectivity index is 1.95. The lowest BCUT2D eigenvalue weighted by Gasteiger charge is -2.26. The molecule has 0 amide bonds. The maximum absolute atomic E-state index is 12.1. The van der Waals surface area contributed by atoms with Gasteiger partial charge in [-0.05, 0) is 37.0 Å². The first kappa shape index (κ1) is 15.9. The summed E-state index contributed by atoms with van der Waals surface area (Å²) >= 11 is 0. The molecule has 0 bridgehead atoms. The number of hydrogen-bond donors (Lipinski definition) is 1. The molecule has 2 nitrogen and oxygen atoms in total.